The number of carbonyl (C=O) groups excluding carboxylic acids is 2. The van der Waals surface area contributed by atoms with Gasteiger partial charge in [-0.25, -0.2) is 4.39 Å². The summed E-state index contributed by atoms with van der Waals surface area (Å²) in [4.78, 5) is 27.6. The van der Waals surface area contributed by atoms with Gasteiger partial charge in [-0.1, -0.05) is 36.4 Å². The highest BCUT2D eigenvalue weighted by atomic mass is 19.1. The van der Waals surface area contributed by atoms with E-state index in [2.05, 4.69) is 5.32 Å². The second-order valence-electron chi connectivity index (χ2n) is 8.53. The van der Waals surface area contributed by atoms with Gasteiger partial charge in [0.1, 0.15) is 5.82 Å². The molecule has 3 aromatic rings. The first-order valence-electron chi connectivity index (χ1n) is 11.3. The van der Waals surface area contributed by atoms with Crippen molar-refractivity contribution in [2.75, 3.05) is 5.32 Å². The first kappa shape index (κ1) is 22.7. The van der Waals surface area contributed by atoms with Gasteiger partial charge in [-0.15, -0.1) is 0 Å². The summed E-state index contributed by atoms with van der Waals surface area (Å²) < 4.78 is 13.4. The Morgan fingerprint density at radius 1 is 0.879 bits per heavy atom. The standard InChI is InChI=1S/C27H28FN3O2/c28-22-8-4-7-21(17-22)26(32)30-24-13-9-19(10-14-24)18-31(25-15-11-23(29)12-16-25)27(33)20-5-2-1-3-6-20/h1-10,13-14,17,23,25H,11-12,15-16,18,29H2,(H,30,32). The molecule has 5 nitrogen and oxygen atoms in total. The molecule has 3 N–H and O–H groups in total. The summed E-state index contributed by atoms with van der Waals surface area (Å²) in [6.07, 6.45) is 3.60. The number of benzene rings is 3. The van der Waals surface area contributed by atoms with Gasteiger partial charge in [-0.2, -0.15) is 0 Å². The zero-order chi connectivity index (χ0) is 23.2. The number of amides is 2. The van der Waals surface area contributed by atoms with E-state index in [-0.39, 0.29) is 29.5 Å². The Hall–Kier alpha value is -3.51. The summed E-state index contributed by atoms with van der Waals surface area (Å²) in [7, 11) is 0. The number of hydrogen-bond donors (Lipinski definition) is 2. The van der Waals surface area contributed by atoms with E-state index in [1.807, 2.05) is 47.4 Å². The average Bonchev–Trinajstić information content (AvgIpc) is 2.84. The Balaban J connectivity index is 1.47. The fourth-order valence-electron chi connectivity index (χ4n) is 4.25. The third-order valence-electron chi connectivity index (χ3n) is 6.12. The number of halogens is 1. The maximum atomic E-state index is 13.4. The van der Waals surface area contributed by atoms with Gasteiger partial charge in [0.05, 0.1) is 0 Å². The van der Waals surface area contributed by atoms with E-state index >= 15 is 0 Å². The lowest BCUT2D eigenvalue weighted by Gasteiger charge is -2.36. The van der Waals surface area contributed by atoms with Crippen LogP contribution < -0.4 is 11.1 Å². The Kier molecular flexibility index (Phi) is 7.15. The van der Waals surface area contributed by atoms with E-state index in [9.17, 15) is 14.0 Å². The van der Waals surface area contributed by atoms with Crippen molar-refractivity contribution in [3.8, 4) is 0 Å². The third kappa shape index (κ3) is 5.84. The van der Waals surface area contributed by atoms with E-state index < -0.39 is 5.82 Å². The van der Waals surface area contributed by atoms with Crippen LogP contribution in [0.4, 0.5) is 10.1 Å². The van der Waals surface area contributed by atoms with Crippen LogP contribution in [0.1, 0.15) is 52.0 Å². The van der Waals surface area contributed by atoms with Crippen LogP contribution >= 0.6 is 0 Å². The number of nitrogens with one attached hydrogen (secondary N) is 1. The number of hydrogen-bond acceptors (Lipinski definition) is 3. The molecule has 1 aliphatic rings. The number of carbonyl (C=O) groups is 2. The van der Waals surface area contributed by atoms with Gasteiger partial charge in [0.25, 0.3) is 11.8 Å². The molecule has 0 saturated heterocycles. The van der Waals surface area contributed by atoms with Crippen LogP contribution in [0.5, 0.6) is 0 Å². The molecule has 4 rings (SSSR count). The number of anilines is 1. The summed E-state index contributed by atoms with van der Waals surface area (Å²) in [5.74, 6) is -0.814. The summed E-state index contributed by atoms with van der Waals surface area (Å²) in [5, 5.41) is 2.78. The average molecular weight is 446 g/mol. The van der Waals surface area contributed by atoms with Crippen LogP contribution in [0.15, 0.2) is 78.9 Å². The van der Waals surface area contributed by atoms with Crippen molar-refractivity contribution in [3.05, 3.63) is 101 Å². The molecule has 0 spiro atoms. The number of nitrogens with zero attached hydrogens (tertiary/aromatic N) is 1. The normalized spacial score (nSPS) is 17.9. The molecule has 0 aromatic heterocycles. The fourth-order valence-corrected chi connectivity index (χ4v) is 4.25. The fraction of sp³-hybridized carbons (Fsp3) is 0.259. The van der Waals surface area contributed by atoms with Gasteiger partial charge in [-0.05, 0) is 73.7 Å². The maximum Gasteiger partial charge on any atom is 0.255 e. The predicted octanol–water partition coefficient (Wildman–Crippen LogP) is 4.99. The minimum atomic E-state index is -0.454. The Bertz CT molecular complexity index is 1090. The highest BCUT2D eigenvalue weighted by Gasteiger charge is 2.28. The largest absolute Gasteiger partial charge is 0.331 e. The van der Waals surface area contributed by atoms with Gasteiger partial charge in [0.2, 0.25) is 0 Å². The Morgan fingerprint density at radius 2 is 1.55 bits per heavy atom. The predicted molar refractivity (Wildman–Crippen MR) is 127 cm³/mol. The van der Waals surface area contributed by atoms with Crippen LogP contribution in [-0.4, -0.2) is 28.8 Å². The molecule has 33 heavy (non-hydrogen) atoms. The molecule has 0 atom stereocenters. The summed E-state index contributed by atoms with van der Waals surface area (Å²) >= 11 is 0. The lowest BCUT2D eigenvalue weighted by atomic mass is 9.90. The van der Waals surface area contributed by atoms with Crippen molar-refractivity contribution in [1.82, 2.24) is 4.90 Å². The topological polar surface area (TPSA) is 75.4 Å². The highest BCUT2D eigenvalue weighted by Crippen LogP contribution is 2.26. The van der Waals surface area contributed by atoms with E-state index in [1.54, 1.807) is 18.2 Å². The first-order chi connectivity index (χ1) is 16.0. The van der Waals surface area contributed by atoms with E-state index in [0.29, 0.717) is 17.8 Å². The molecule has 1 aliphatic carbocycles. The van der Waals surface area contributed by atoms with Crippen molar-refractivity contribution in [1.29, 1.82) is 0 Å². The van der Waals surface area contributed by atoms with Gasteiger partial charge in [0.15, 0.2) is 0 Å². The van der Waals surface area contributed by atoms with Crippen molar-refractivity contribution in [2.24, 2.45) is 5.73 Å². The first-order valence-corrected chi connectivity index (χ1v) is 11.3. The van der Waals surface area contributed by atoms with E-state index in [0.717, 1.165) is 31.2 Å². The zero-order valence-corrected chi connectivity index (χ0v) is 18.4. The Morgan fingerprint density at radius 3 is 2.21 bits per heavy atom. The molecule has 0 aliphatic heterocycles. The molecular weight excluding hydrogens is 417 g/mol. The molecule has 2 amide bonds. The van der Waals surface area contributed by atoms with Gasteiger partial charge < -0.3 is 16.0 Å². The molecule has 1 fully saturated rings. The maximum absolute atomic E-state index is 13.4. The quantitative estimate of drug-likeness (QED) is 0.561. The van der Waals surface area contributed by atoms with Crippen LogP contribution in [0, 0.1) is 5.82 Å². The van der Waals surface area contributed by atoms with Crippen molar-refractivity contribution < 1.29 is 14.0 Å². The lowest BCUT2D eigenvalue weighted by Crippen LogP contribution is -2.43. The Labute approximate surface area is 193 Å². The molecule has 0 heterocycles. The minimum Gasteiger partial charge on any atom is -0.331 e. The molecular formula is C27H28FN3O2. The molecule has 0 bridgehead atoms. The monoisotopic (exact) mass is 445 g/mol. The second kappa shape index (κ2) is 10.4. The van der Waals surface area contributed by atoms with E-state index in [1.165, 1.54) is 18.2 Å². The zero-order valence-electron chi connectivity index (χ0n) is 18.4. The summed E-state index contributed by atoms with van der Waals surface area (Å²) in [6, 6.07) is 22.7. The van der Waals surface area contributed by atoms with Crippen molar-refractivity contribution in [2.45, 2.75) is 44.3 Å². The van der Waals surface area contributed by atoms with Gasteiger partial charge >= 0.3 is 0 Å². The molecule has 0 unspecified atom stereocenters. The van der Waals surface area contributed by atoms with E-state index in [4.69, 9.17) is 5.73 Å². The molecule has 6 heteroatoms. The van der Waals surface area contributed by atoms with Crippen LogP contribution in [-0.2, 0) is 6.54 Å². The van der Waals surface area contributed by atoms with Crippen LogP contribution in [0.25, 0.3) is 0 Å². The number of nitrogens with two attached hydrogens (primary N) is 1. The van der Waals surface area contributed by atoms with Crippen molar-refractivity contribution >= 4 is 17.5 Å². The summed E-state index contributed by atoms with van der Waals surface area (Å²) in [5.41, 5.74) is 8.60. The minimum absolute atomic E-state index is 0.0135. The SMILES string of the molecule is NC1CCC(N(Cc2ccc(NC(=O)c3cccc(F)c3)cc2)C(=O)c2ccccc2)CC1. The van der Waals surface area contributed by atoms with Crippen LogP contribution in [0.3, 0.4) is 0 Å². The molecule has 0 radical (unpaired) electrons. The lowest BCUT2D eigenvalue weighted by molar-refractivity contribution is 0.0606. The van der Waals surface area contributed by atoms with Crippen molar-refractivity contribution in [3.63, 3.8) is 0 Å². The number of rotatable bonds is 6. The highest BCUT2D eigenvalue weighted by molar-refractivity contribution is 6.04. The molecule has 1 saturated carbocycles. The summed E-state index contributed by atoms with van der Waals surface area (Å²) in [6.45, 7) is 0.478. The smallest absolute Gasteiger partial charge is 0.255 e. The van der Waals surface area contributed by atoms with Crippen LogP contribution in [0.2, 0.25) is 0 Å². The van der Waals surface area contributed by atoms with Gasteiger partial charge in [0, 0.05) is 35.4 Å². The second-order valence-corrected chi connectivity index (χ2v) is 8.53. The molecule has 3 aromatic carbocycles. The third-order valence-corrected chi connectivity index (χ3v) is 6.12. The van der Waals surface area contributed by atoms with Gasteiger partial charge in [-0.3, -0.25) is 9.59 Å². The molecule has 170 valence electrons.